The first-order chi connectivity index (χ1) is 6.18. The van der Waals surface area contributed by atoms with E-state index < -0.39 is 0 Å². The van der Waals surface area contributed by atoms with E-state index in [1.807, 2.05) is 37.3 Å². The topological polar surface area (TPSA) is 52.0 Å². The van der Waals surface area contributed by atoms with Crippen LogP contribution in [0.15, 0.2) is 30.3 Å². The van der Waals surface area contributed by atoms with E-state index in [4.69, 9.17) is 11.5 Å². The molecule has 2 rings (SSSR count). The van der Waals surface area contributed by atoms with Crippen LogP contribution in [0.3, 0.4) is 0 Å². The summed E-state index contributed by atoms with van der Waals surface area (Å²) in [5.41, 5.74) is 14.3. The van der Waals surface area contributed by atoms with Gasteiger partial charge < -0.3 is 11.5 Å². The molecule has 0 saturated carbocycles. The Kier molecular flexibility index (Phi) is 1.62. The maximum absolute atomic E-state index is 5.83. The molecule has 66 valence electrons. The van der Waals surface area contributed by atoms with Crippen molar-refractivity contribution in [2.24, 2.45) is 0 Å². The first-order valence-corrected chi connectivity index (χ1v) is 4.23. The maximum atomic E-state index is 5.83. The van der Waals surface area contributed by atoms with E-state index in [0.29, 0.717) is 0 Å². The van der Waals surface area contributed by atoms with E-state index in [2.05, 4.69) is 0 Å². The molecule has 2 heteroatoms. The summed E-state index contributed by atoms with van der Waals surface area (Å²) in [4.78, 5) is 0. The van der Waals surface area contributed by atoms with Gasteiger partial charge in [0.15, 0.2) is 0 Å². The quantitative estimate of drug-likeness (QED) is 0.599. The number of anilines is 2. The average molecular weight is 172 g/mol. The van der Waals surface area contributed by atoms with Gasteiger partial charge in [-0.15, -0.1) is 0 Å². The Balaban J connectivity index is 2.89. The summed E-state index contributed by atoms with van der Waals surface area (Å²) < 4.78 is 0. The molecule has 0 atom stereocenters. The van der Waals surface area contributed by atoms with Crippen molar-refractivity contribution in [3.05, 3.63) is 35.9 Å². The zero-order valence-electron chi connectivity index (χ0n) is 7.54. The lowest BCUT2D eigenvalue weighted by molar-refractivity contribution is 1.50. The average Bonchev–Trinajstić information content (AvgIpc) is 2.09. The molecule has 0 saturated heterocycles. The van der Waals surface area contributed by atoms with Gasteiger partial charge in [0.25, 0.3) is 0 Å². The monoisotopic (exact) mass is 172 g/mol. The molecule has 4 N–H and O–H groups in total. The molecular weight excluding hydrogens is 160 g/mol. The van der Waals surface area contributed by atoms with Crippen molar-refractivity contribution in [2.45, 2.75) is 6.92 Å². The molecule has 0 fully saturated rings. The molecule has 13 heavy (non-hydrogen) atoms. The van der Waals surface area contributed by atoms with Crippen molar-refractivity contribution in [3.63, 3.8) is 0 Å². The maximum Gasteiger partial charge on any atom is 0.0393 e. The van der Waals surface area contributed by atoms with Crippen LogP contribution in [0.1, 0.15) is 5.56 Å². The van der Waals surface area contributed by atoms with E-state index in [-0.39, 0.29) is 0 Å². The highest BCUT2D eigenvalue weighted by atomic mass is 14.6. The molecule has 0 spiro atoms. The van der Waals surface area contributed by atoms with E-state index >= 15 is 0 Å². The van der Waals surface area contributed by atoms with Crippen LogP contribution in [0.4, 0.5) is 11.4 Å². The Morgan fingerprint density at radius 3 is 2.54 bits per heavy atom. The van der Waals surface area contributed by atoms with Crippen LogP contribution in [0.5, 0.6) is 0 Å². The molecule has 0 aliphatic rings. The van der Waals surface area contributed by atoms with Crippen LogP contribution in [0.2, 0.25) is 0 Å². The number of nitrogens with two attached hydrogens (primary N) is 2. The first kappa shape index (κ1) is 7.92. The lowest BCUT2D eigenvalue weighted by atomic mass is 10.0. The molecule has 0 unspecified atom stereocenters. The lowest BCUT2D eigenvalue weighted by Crippen LogP contribution is -1.92. The zero-order valence-corrected chi connectivity index (χ0v) is 7.54. The highest BCUT2D eigenvalue weighted by Crippen LogP contribution is 2.25. The smallest absolute Gasteiger partial charge is 0.0393 e. The fourth-order valence-corrected chi connectivity index (χ4v) is 1.48. The van der Waals surface area contributed by atoms with E-state index in [1.165, 1.54) is 0 Å². The molecule has 2 aromatic carbocycles. The van der Waals surface area contributed by atoms with Crippen molar-refractivity contribution in [2.75, 3.05) is 11.5 Å². The van der Waals surface area contributed by atoms with Crippen molar-refractivity contribution >= 4 is 22.1 Å². The van der Waals surface area contributed by atoms with Gasteiger partial charge in [0.1, 0.15) is 0 Å². The number of hydrogen-bond acceptors (Lipinski definition) is 2. The standard InChI is InChI=1S/C11H12N2/c1-7-5-9-8(6-11(7)13)3-2-4-10(9)12/h2-6H,12-13H2,1H3. The summed E-state index contributed by atoms with van der Waals surface area (Å²) >= 11 is 0. The third-order valence-corrected chi connectivity index (χ3v) is 2.30. The van der Waals surface area contributed by atoms with Gasteiger partial charge >= 0.3 is 0 Å². The predicted octanol–water partition coefficient (Wildman–Crippen LogP) is 2.31. The molecule has 0 heterocycles. The third-order valence-electron chi connectivity index (χ3n) is 2.30. The predicted molar refractivity (Wildman–Crippen MR) is 57.5 cm³/mol. The van der Waals surface area contributed by atoms with Crippen LogP contribution >= 0.6 is 0 Å². The minimum atomic E-state index is 0.806. The number of nitrogen functional groups attached to an aromatic ring is 2. The fraction of sp³-hybridized carbons (Fsp3) is 0.0909. The van der Waals surface area contributed by atoms with Gasteiger partial charge in [-0.3, -0.25) is 0 Å². The third kappa shape index (κ3) is 1.20. The SMILES string of the molecule is Cc1cc2c(N)cccc2cc1N. The van der Waals surface area contributed by atoms with Crippen LogP contribution in [-0.4, -0.2) is 0 Å². The second-order valence-electron chi connectivity index (χ2n) is 3.28. The van der Waals surface area contributed by atoms with Gasteiger partial charge in [-0.05, 0) is 36.1 Å². The Hall–Kier alpha value is -1.70. The van der Waals surface area contributed by atoms with Crippen LogP contribution in [0, 0.1) is 6.92 Å². The second kappa shape index (κ2) is 2.66. The molecule has 0 aromatic heterocycles. The van der Waals surface area contributed by atoms with E-state index in [1.54, 1.807) is 0 Å². The zero-order chi connectivity index (χ0) is 9.42. The Bertz CT molecular complexity index is 461. The van der Waals surface area contributed by atoms with E-state index in [9.17, 15) is 0 Å². The van der Waals surface area contributed by atoms with E-state index in [0.717, 1.165) is 27.7 Å². The molecule has 0 aliphatic heterocycles. The van der Waals surface area contributed by atoms with Gasteiger partial charge in [0.2, 0.25) is 0 Å². The molecule has 2 aromatic rings. The minimum absolute atomic E-state index is 0.806. The number of hydrogen-bond donors (Lipinski definition) is 2. The largest absolute Gasteiger partial charge is 0.398 e. The normalized spacial score (nSPS) is 10.5. The highest BCUT2D eigenvalue weighted by Gasteiger charge is 2.00. The lowest BCUT2D eigenvalue weighted by Gasteiger charge is -2.05. The van der Waals surface area contributed by atoms with Crippen LogP contribution in [-0.2, 0) is 0 Å². The molecule has 0 bridgehead atoms. The Morgan fingerprint density at radius 2 is 1.77 bits per heavy atom. The number of benzene rings is 2. The summed E-state index contributed by atoms with van der Waals surface area (Å²) in [6, 6.07) is 9.84. The fourth-order valence-electron chi connectivity index (χ4n) is 1.48. The number of fused-ring (bicyclic) bond motifs is 1. The second-order valence-corrected chi connectivity index (χ2v) is 3.28. The van der Waals surface area contributed by atoms with Crippen LogP contribution < -0.4 is 11.5 Å². The molecular formula is C11H12N2. The minimum Gasteiger partial charge on any atom is -0.398 e. The van der Waals surface area contributed by atoms with Gasteiger partial charge in [0.05, 0.1) is 0 Å². The van der Waals surface area contributed by atoms with Crippen LogP contribution in [0.25, 0.3) is 10.8 Å². The van der Waals surface area contributed by atoms with Gasteiger partial charge in [0, 0.05) is 16.8 Å². The Labute approximate surface area is 77.2 Å². The number of rotatable bonds is 0. The molecule has 0 aliphatic carbocycles. The first-order valence-electron chi connectivity index (χ1n) is 4.23. The summed E-state index contributed by atoms with van der Waals surface area (Å²) in [5.74, 6) is 0. The van der Waals surface area contributed by atoms with Gasteiger partial charge in [-0.2, -0.15) is 0 Å². The van der Waals surface area contributed by atoms with Gasteiger partial charge in [-0.1, -0.05) is 12.1 Å². The van der Waals surface area contributed by atoms with Crippen molar-refractivity contribution in [3.8, 4) is 0 Å². The summed E-state index contributed by atoms with van der Waals surface area (Å²) in [5, 5.41) is 2.18. The summed E-state index contributed by atoms with van der Waals surface area (Å²) in [7, 11) is 0. The summed E-state index contributed by atoms with van der Waals surface area (Å²) in [6.45, 7) is 1.99. The number of aryl methyl sites for hydroxylation is 1. The molecule has 2 nitrogen and oxygen atoms in total. The van der Waals surface area contributed by atoms with Gasteiger partial charge in [-0.25, -0.2) is 0 Å². The van der Waals surface area contributed by atoms with Crippen molar-refractivity contribution < 1.29 is 0 Å². The van der Waals surface area contributed by atoms with Crippen molar-refractivity contribution in [1.82, 2.24) is 0 Å². The van der Waals surface area contributed by atoms with Crippen molar-refractivity contribution in [1.29, 1.82) is 0 Å². The Morgan fingerprint density at radius 1 is 1.00 bits per heavy atom. The summed E-state index contributed by atoms with van der Waals surface area (Å²) in [6.07, 6.45) is 0. The highest BCUT2D eigenvalue weighted by molar-refractivity contribution is 5.95. The molecule has 0 amide bonds. The molecule has 0 radical (unpaired) electrons.